The van der Waals surface area contributed by atoms with Gasteiger partial charge in [0.15, 0.2) is 0 Å². The quantitative estimate of drug-likeness (QED) is 0.311. The summed E-state index contributed by atoms with van der Waals surface area (Å²) in [5.74, 6) is -17.5. The number of rotatable bonds is 15. The Hall–Kier alpha value is -2.37. The number of carboxylic acids is 1. The maximum Gasteiger partial charge on any atom is 0.339 e. The van der Waals surface area contributed by atoms with E-state index in [1.807, 2.05) is 0 Å². The predicted octanol–water partition coefficient (Wildman–Crippen LogP) is 6.13. The zero-order chi connectivity index (χ0) is 53.0. The second kappa shape index (κ2) is 14.6. The van der Waals surface area contributed by atoms with Crippen LogP contribution in [0, 0.1) is 11.8 Å². The van der Waals surface area contributed by atoms with Crippen LogP contribution in [-0.4, -0.2) is 36.1 Å². The molecular weight excluding hydrogens is 396 g/mol. The smallest absolute Gasteiger partial charge is 0.339 e. The Morgan fingerprint density at radius 1 is 0.935 bits per heavy atom. The van der Waals surface area contributed by atoms with Gasteiger partial charge < -0.3 is 14.6 Å². The van der Waals surface area contributed by atoms with Crippen molar-refractivity contribution in [3.05, 3.63) is 34.9 Å². The molecule has 1 aromatic rings. The monoisotopic (exact) mass is 468 g/mol. The van der Waals surface area contributed by atoms with Gasteiger partial charge in [-0.05, 0) is 42.7 Å². The van der Waals surface area contributed by atoms with Crippen molar-refractivity contribution in [3.63, 3.8) is 0 Å². The van der Waals surface area contributed by atoms with Crippen LogP contribution in [0.4, 0.5) is 0 Å². The van der Waals surface area contributed by atoms with Gasteiger partial charge in [0.25, 0.3) is 0 Å². The number of carbonyl (C=O) groups is 3. The molecule has 0 aliphatic rings. The van der Waals surface area contributed by atoms with E-state index in [1.54, 1.807) is 0 Å². The second-order valence-electron chi connectivity index (χ2n) is 4.80. The van der Waals surface area contributed by atoms with Crippen LogP contribution in [0.25, 0.3) is 0 Å². The van der Waals surface area contributed by atoms with Gasteiger partial charge in [0, 0.05) is 41.1 Å². The molecule has 6 heteroatoms. The molecule has 0 amide bonds. The first-order valence-electron chi connectivity index (χ1n) is 24.6. The van der Waals surface area contributed by atoms with E-state index in [1.165, 1.54) is 0 Å². The molecule has 0 aromatic heterocycles. The summed E-state index contributed by atoms with van der Waals surface area (Å²) in [6, 6.07) is 0.273. The van der Waals surface area contributed by atoms with Crippen molar-refractivity contribution in [2.75, 3.05) is 13.1 Å². The number of aromatic carboxylic acids is 1. The normalized spacial score (nSPS) is 37.3. The standard InChI is InChI=1S/C25H38O6/c1-5-9-11-18(7-3)16-30-24(28)20-13-14-21(22(15-20)23(26)27)25(29)31-17-19(8-4)12-10-6-2/h13-15,18-19H,5-12,16-17H2,1-4H3,(H,26,27)/i1D3,2D3,3D3,4D3,5D2,6D2,7D2,8D2,9D2,10D2,11D2,12D2,16D2,17D2,18D,19D. The van der Waals surface area contributed by atoms with E-state index in [0.29, 0.717) is 0 Å². The maximum absolute atomic E-state index is 13.4. The molecule has 0 radical (unpaired) electrons. The van der Waals surface area contributed by atoms with Crippen molar-refractivity contribution in [1.82, 2.24) is 0 Å². The number of ether oxygens (including phenoxy) is 2. The van der Waals surface area contributed by atoms with E-state index >= 15 is 0 Å². The third-order valence-electron chi connectivity index (χ3n) is 2.95. The number of hydrogen-bond donors (Lipinski definition) is 1. The van der Waals surface area contributed by atoms with Gasteiger partial charge in [0.2, 0.25) is 0 Å². The lowest BCUT2D eigenvalue weighted by molar-refractivity contribution is 0.0410. The molecule has 0 fully saturated rings. The van der Waals surface area contributed by atoms with Gasteiger partial charge in [-0.2, -0.15) is 0 Å². The largest absolute Gasteiger partial charge is 0.478 e. The van der Waals surface area contributed by atoms with Crippen LogP contribution in [0.2, 0.25) is 0 Å². The Morgan fingerprint density at radius 3 is 2.03 bits per heavy atom. The van der Waals surface area contributed by atoms with E-state index in [0.717, 1.165) is 0 Å². The fourth-order valence-corrected chi connectivity index (χ4v) is 1.69. The van der Waals surface area contributed by atoms with Crippen molar-refractivity contribution < 1.29 is 75.6 Å². The molecule has 2 unspecified atom stereocenters. The highest BCUT2D eigenvalue weighted by molar-refractivity contribution is 6.04. The van der Waals surface area contributed by atoms with Gasteiger partial charge in [-0.3, -0.25) is 0 Å². The molecule has 0 spiro atoms. The van der Waals surface area contributed by atoms with Gasteiger partial charge in [-0.25, -0.2) is 14.4 Å². The zero-order valence-corrected chi connectivity index (χ0v) is 15.2. The first kappa shape index (κ1) is 5.57. The summed E-state index contributed by atoms with van der Waals surface area (Å²) < 4.78 is 278. The van der Waals surface area contributed by atoms with Crippen LogP contribution in [-0.2, 0) is 9.47 Å². The van der Waals surface area contributed by atoms with Gasteiger partial charge >= 0.3 is 17.9 Å². The molecule has 0 bridgehead atoms. The van der Waals surface area contributed by atoms with Crippen molar-refractivity contribution in [3.8, 4) is 0 Å². The molecular formula is C25H38O6. The Morgan fingerprint density at radius 2 is 1.52 bits per heavy atom. The first-order chi connectivity index (χ1) is 27.8. The molecule has 1 aromatic carbocycles. The van der Waals surface area contributed by atoms with Gasteiger partial charge in [0.1, 0.15) is 0 Å². The van der Waals surface area contributed by atoms with Gasteiger partial charge in [0.05, 0.1) is 35.3 Å². The van der Waals surface area contributed by atoms with Crippen LogP contribution < -0.4 is 0 Å². The Kier molecular flexibility index (Phi) is 2.62. The summed E-state index contributed by atoms with van der Waals surface area (Å²) in [6.45, 7) is -27.1. The Balaban J connectivity index is 4.18. The summed E-state index contributed by atoms with van der Waals surface area (Å²) in [6.07, 6.45) is -38.3. The summed E-state index contributed by atoms with van der Waals surface area (Å²) in [5, 5.41) is 9.89. The van der Waals surface area contributed by atoms with Gasteiger partial charge in [-0.15, -0.1) is 0 Å². The first-order valence-corrected chi connectivity index (χ1v) is 7.64. The molecule has 174 valence electrons. The van der Waals surface area contributed by atoms with Gasteiger partial charge in [-0.1, -0.05) is 65.6 Å². The minimum atomic E-state index is -5.12. The predicted molar refractivity (Wildman–Crippen MR) is 121 cm³/mol. The zero-order valence-electron chi connectivity index (χ0n) is 49.2. The van der Waals surface area contributed by atoms with Crippen molar-refractivity contribution in [2.45, 2.75) is 78.4 Å². The highest BCUT2D eigenvalue weighted by atomic mass is 16.5. The molecule has 2 atom stereocenters. The van der Waals surface area contributed by atoms with E-state index in [9.17, 15) is 19.5 Å². The average Bonchev–Trinajstić information content (AvgIpc) is 3.07. The lowest BCUT2D eigenvalue weighted by atomic mass is 10.00. The minimum Gasteiger partial charge on any atom is -0.478 e. The average molecular weight is 469 g/mol. The minimum absolute atomic E-state index is 0.0312. The fourth-order valence-electron chi connectivity index (χ4n) is 1.69. The Labute approximate surface area is 234 Å². The number of carbonyl (C=O) groups excluding carboxylic acids is 2. The summed E-state index contributed by atoms with van der Waals surface area (Å²) in [4.78, 5) is 39.1. The van der Waals surface area contributed by atoms with Crippen LogP contribution in [0.3, 0.4) is 0 Å². The number of esters is 2. The molecule has 0 heterocycles. The molecule has 0 aliphatic heterocycles. The molecule has 0 saturated heterocycles. The van der Waals surface area contributed by atoms with Crippen LogP contribution in [0.15, 0.2) is 18.2 Å². The topological polar surface area (TPSA) is 89.9 Å². The maximum atomic E-state index is 13.4. The van der Waals surface area contributed by atoms with Crippen LogP contribution >= 0.6 is 0 Å². The molecule has 6 nitrogen and oxygen atoms in total. The van der Waals surface area contributed by atoms with Crippen molar-refractivity contribution in [1.29, 1.82) is 0 Å². The highest BCUT2D eigenvalue weighted by Crippen LogP contribution is 2.19. The molecule has 31 heavy (non-hydrogen) atoms. The van der Waals surface area contributed by atoms with E-state index in [4.69, 9.17) is 46.6 Å². The van der Waals surface area contributed by atoms with E-state index < -0.39 is 138 Å². The highest BCUT2D eigenvalue weighted by Gasteiger charge is 2.22. The van der Waals surface area contributed by atoms with Crippen LogP contribution in [0.1, 0.15) is 156 Å². The van der Waals surface area contributed by atoms with E-state index in [2.05, 4.69) is 9.47 Å². The van der Waals surface area contributed by atoms with Crippen molar-refractivity contribution >= 4 is 17.9 Å². The number of carboxylic acid groups (broad SMARTS) is 1. The lowest BCUT2D eigenvalue weighted by Crippen LogP contribution is -2.18. The molecule has 0 aliphatic carbocycles. The summed E-state index contributed by atoms with van der Waals surface area (Å²) in [7, 11) is 0. The third-order valence-corrected chi connectivity index (χ3v) is 2.95. The lowest BCUT2D eigenvalue weighted by Gasteiger charge is -2.16. The molecule has 0 saturated carbocycles. The van der Waals surface area contributed by atoms with E-state index in [-0.39, 0.29) is 18.2 Å². The molecule has 1 rings (SSSR count). The number of hydrogen-bond acceptors (Lipinski definition) is 5. The SMILES string of the molecule is [2H]C([2H])([2H])C([2H])([2H])C([2H])([2H])C([2H])([2H])C([2H])(C([2H])([2H])OC(=O)c1ccc(C(=O)OC([2H])([2H])C([2H])(C([2H])([2H])C([2H])([2H])[2H])C([2H])([2H])C([2H])([2H])C([2H])([2H])C([2H])([2H])[2H])c(C(=O)O)c1)C([2H])([2H])C([2H])([2H])[2H]. The second-order valence-corrected chi connectivity index (χ2v) is 4.80. The number of benzene rings is 1. The van der Waals surface area contributed by atoms with Crippen LogP contribution in [0.5, 0.6) is 0 Å². The summed E-state index contributed by atoms with van der Waals surface area (Å²) >= 11 is 0. The third kappa shape index (κ3) is 9.11. The van der Waals surface area contributed by atoms with Crippen molar-refractivity contribution in [2.24, 2.45) is 11.8 Å². The fraction of sp³-hybridized carbons (Fsp3) is 0.640. The summed E-state index contributed by atoms with van der Waals surface area (Å²) in [5.41, 5.74) is -4.56. The Bertz CT molecular complexity index is 1990. The molecule has 1 N–H and O–H groups in total.